The average molecular weight is 305 g/mol. The number of carboxylic acids is 1. The lowest BCUT2D eigenvalue weighted by atomic mass is 10.1. The van der Waals surface area contributed by atoms with Crippen molar-refractivity contribution < 1.29 is 19.1 Å². The maximum atomic E-state index is 12.7. The SMILES string of the molecule is O=C(O)Cc1occc1C(=O)N1CCCC1c1cccs1. The van der Waals surface area contributed by atoms with Crippen LogP contribution in [0.15, 0.2) is 34.3 Å². The fourth-order valence-electron chi connectivity index (χ4n) is 2.75. The fraction of sp³-hybridized carbons (Fsp3) is 0.333. The average Bonchev–Trinajstić information content (AvgIpc) is 3.18. The number of likely N-dealkylation sites (tertiary alicyclic amines) is 1. The van der Waals surface area contributed by atoms with Gasteiger partial charge in [0.15, 0.2) is 0 Å². The zero-order valence-electron chi connectivity index (χ0n) is 11.3. The number of nitrogens with zero attached hydrogens (tertiary/aromatic N) is 1. The van der Waals surface area contributed by atoms with Gasteiger partial charge in [-0.05, 0) is 30.4 Å². The molecule has 1 aliphatic heterocycles. The minimum Gasteiger partial charge on any atom is -0.481 e. The predicted molar refractivity (Wildman–Crippen MR) is 77.4 cm³/mol. The fourth-order valence-corrected chi connectivity index (χ4v) is 3.62. The monoisotopic (exact) mass is 305 g/mol. The van der Waals surface area contributed by atoms with E-state index >= 15 is 0 Å². The Labute approximate surface area is 125 Å². The predicted octanol–water partition coefficient (Wildman–Crippen LogP) is 2.95. The summed E-state index contributed by atoms with van der Waals surface area (Å²) in [4.78, 5) is 26.5. The second-order valence-corrected chi connectivity index (χ2v) is 5.98. The summed E-state index contributed by atoms with van der Waals surface area (Å²) in [5.74, 6) is -0.921. The van der Waals surface area contributed by atoms with Crippen LogP contribution in [0.1, 0.15) is 39.9 Å². The molecule has 0 saturated carbocycles. The summed E-state index contributed by atoms with van der Waals surface area (Å²) in [7, 11) is 0. The van der Waals surface area contributed by atoms with Gasteiger partial charge < -0.3 is 14.4 Å². The van der Waals surface area contributed by atoms with Crippen molar-refractivity contribution in [2.75, 3.05) is 6.54 Å². The van der Waals surface area contributed by atoms with E-state index in [1.165, 1.54) is 11.1 Å². The molecule has 1 N–H and O–H groups in total. The highest BCUT2D eigenvalue weighted by molar-refractivity contribution is 7.10. The number of rotatable bonds is 4. The molecule has 110 valence electrons. The third-order valence-electron chi connectivity index (χ3n) is 3.67. The van der Waals surface area contributed by atoms with Crippen LogP contribution in [0.4, 0.5) is 0 Å². The Bertz CT molecular complexity index is 646. The molecule has 2 aromatic heterocycles. The first kappa shape index (κ1) is 13.9. The molecule has 0 spiro atoms. The van der Waals surface area contributed by atoms with E-state index in [9.17, 15) is 9.59 Å². The summed E-state index contributed by atoms with van der Waals surface area (Å²) in [6.45, 7) is 0.694. The van der Waals surface area contributed by atoms with Crippen molar-refractivity contribution in [3.05, 3.63) is 46.0 Å². The van der Waals surface area contributed by atoms with Crippen LogP contribution in [0, 0.1) is 0 Å². The van der Waals surface area contributed by atoms with Crippen molar-refractivity contribution in [2.45, 2.75) is 25.3 Å². The highest BCUT2D eigenvalue weighted by atomic mass is 32.1. The van der Waals surface area contributed by atoms with E-state index in [4.69, 9.17) is 9.52 Å². The molecule has 1 aliphatic rings. The molecule has 5 nitrogen and oxygen atoms in total. The van der Waals surface area contributed by atoms with Gasteiger partial charge in [-0.15, -0.1) is 11.3 Å². The Kier molecular flexibility index (Phi) is 3.79. The maximum absolute atomic E-state index is 12.7. The number of thiophene rings is 1. The van der Waals surface area contributed by atoms with E-state index in [0.29, 0.717) is 12.1 Å². The summed E-state index contributed by atoms with van der Waals surface area (Å²) < 4.78 is 5.16. The third kappa shape index (κ3) is 2.71. The minimum atomic E-state index is -1.00. The van der Waals surface area contributed by atoms with Gasteiger partial charge in [0.25, 0.3) is 5.91 Å². The lowest BCUT2D eigenvalue weighted by molar-refractivity contribution is -0.136. The zero-order valence-corrected chi connectivity index (χ0v) is 12.1. The Morgan fingerprint density at radius 3 is 3.00 bits per heavy atom. The molecule has 1 saturated heterocycles. The molecule has 2 aromatic rings. The standard InChI is InChI=1S/C15H15NO4S/c17-14(18)9-12-10(5-7-20-12)15(19)16-6-1-3-11(16)13-4-2-8-21-13/h2,4-5,7-8,11H,1,3,6,9H2,(H,17,18). The number of amides is 1. The lowest BCUT2D eigenvalue weighted by Gasteiger charge is -2.23. The van der Waals surface area contributed by atoms with Crippen LogP contribution in [0.2, 0.25) is 0 Å². The van der Waals surface area contributed by atoms with Crippen molar-refractivity contribution in [2.24, 2.45) is 0 Å². The molecule has 0 bridgehead atoms. The van der Waals surface area contributed by atoms with Crippen LogP contribution in [0.25, 0.3) is 0 Å². The number of carboxylic acid groups (broad SMARTS) is 1. The first-order valence-electron chi connectivity index (χ1n) is 6.79. The van der Waals surface area contributed by atoms with Crippen molar-refractivity contribution in [3.63, 3.8) is 0 Å². The van der Waals surface area contributed by atoms with Crippen LogP contribution >= 0.6 is 11.3 Å². The quantitative estimate of drug-likeness (QED) is 0.942. The van der Waals surface area contributed by atoms with Crippen molar-refractivity contribution in [1.29, 1.82) is 0 Å². The molecule has 6 heteroatoms. The highest BCUT2D eigenvalue weighted by Gasteiger charge is 2.33. The van der Waals surface area contributed by atoms with Crippen molar-refractivity contribution in [1.82, 2.24) is 4.90 Å². The van der Waals surface area contributed by atoms with Gasteiger partial charge in [0.05, 0.1) is 17.9 Å². The largest absolute Gasteiger partial charge is 0.481 e. The first-order valence-corrected chi connectivity index (χ1v) is 7.67. The number of hydrogen-bond acceptors (Lipinski definition) is 4. The summed E-state index contributed by atoms with van der Waals surface area (Å²) in [5.41, 5.74) is 0.362. The van der Waals surface area contributed by atoms with Crippen molar-refractivity contribution >= 4 is 23.2 Å². The molecule has 1 fully saturated rings. The zero-order chi connectivity index (χ0) is 14.8. The number of aliphatic carboxylic acids is 1. The molecule has 1 amide bonds. The molecule has 3 heterocycles. The van der Waals surface area contributed by atoms with Crippen LogP contribution in [-0.2, 0) is 11.2 Å². The molecule has 1 atom stereocenters. The van der Waals surface area contributed by atoms with Gasteiger partial charge >= 0.3 is 5.97 Å². The second kappa shape index (κ2) is 5.73. The Balaban J connectivity index is 1.84. The van der Waals surface area contributed by atoms with Crippen LogP contribution < -0.4 is 0 Å². The number of carbonyl (C=O) groups excluding carboxylic acids is 1. The van der Waals surface area contributed by atoms with Crippen molar-refractivity contribution in [3.8, 4) is 0 Å². The molecule has 0 aromatic carbocycles. The summed E-state index contributed by atoms with van der Waals surface area (Å²) >= 11 is 1.64. The van der Waals surface area contributed by atoms with Gasteiger partial charge in [0, 0.05) is 11.4 Å². The van der Waals surface area contributed by atoms with E-state index in [0.717, 1.165) is 12.8 Å². The summed E-state index contributed by atoms with van der Waals surface area (Å²) in [6.07, 6.45) is 3.01. The Morgan fingerprint density at radius 2 is 2.29 bits per heavy atom. The molecular formula is C15H15NO4S. The van der Waals surface area contributed by atoms with Gasteiger partial charge in [-0.25, -0.2) is 0 Å². The number of carbonyl (C=O) groups is 2. The molecule has 3 rings (SSSR count). The van der Waals surface area contributed by atoms with E-state index in [1.807, 2.05) is 22.4 Å². The van der Waals surface area contributed by atoms with Crippen LogP contribution in [0.3, 0.4) is 0 Å². The Morgan fingerprint density at radius 1 is 1.43 bits per heavy atom. The topological polar surface area (TPSA) is 70.7 Å². The highest BCUT2D eigenvalue weighted by Crippen LogP contribution is 2.35. The number of hydrogen-bond donors (Lipinski definition) is 1. The van der Waals surface area contributed by atoms with Crippen LogP contribution in [0.5, 0.6) is 0 Å². The summed E-state index contributed by atoms with van der Waals surface area (Å²) in [5, 5.41) is 10.9. The van der Waals surface area contributed by atoms with Gasteiger partial charge in [-0.2, -0.15) is 0 Å². The summed E-state index contributed by atoms with van der Waals surface area (Å²) in [6, 6.07) is 5.66. The van der Waals surface area contributed by atoms with E-state index in [-0.39, 0.29) is 24.1 Å². The third-order valence-corrected chi connectivity index (χ3v) is 4.65. The van der Waals surface area contributed by atoms with Crippen LogP contribution in [-0.4, -0.2) is 28.4 Å². The normalized spacial score (nSPS) is 18.1. The molecule has 21 heavy (non-hydrogen) atoms. The van der Waals surface area contributed by atoms with Gasteiger partial charge in [0.2, 0.25) is 0 Å². The van der Waals surface area contributed by atoms with E-state index in [1.54, 1.807) is 17.4 Å². The molecule has 1 unspecified atom stereocenters. The van der Waals surface area contributed by atoms with Gasteiger partial charge in [-0.1, -0.05) is 6.07 Å². The lowest BCUT2D eigenvalue weighted by Crippen LogP contribution is -2.30. The molecular weight excluding hydrogens is 290 g/mol. The van der Waals surface area contributed by atoms with Gasteiger partial charge in [0.1, 0.15) is 12.2 Å². The molecule has 0 aliphatic carbocycles. The minimum absolute atomic E-state index is 0.0880. The second-order valence-electron chi connectivity index (χ2n) is 5.00. The number of furan rings is 1. The maximum Gasteiger partial charge on any atom is 0.311 e. The van der Waals surface area contributed by atoms with E-state index in [2.05, 4.69) is 0 Å². The molecule has 0 radical (unpaired) electrons. The van der Waals surface area contributed by atoms with E-state index < -0.39 is 5.97 Å². The Hall–Kier alpha value is -2.08. The smallest absolute Gasteiger partial charge is 0.311 e. The van der Waals surface area contributed by atoms with Gasteiger partial charge in [-0.3, -0.25) is 9.59 Å². The first-order chi connectivity index (χ1) is 10.2.